The molecule has 0 aromatic heterocycles. The maximum absolute atomic E-state index is 6.19. The Morgan fingerprint density at radius 3 is 2.40 bits per heavy atom. The number of hydrogen-bond donors (Lipinski definition) is 1. The highest BCUT2D eigenvalue weighted by atomic mass is 79.9. The largest absolute Gasteiger partial charge is 0.306 e. The van der Waals surface area contributed by atoms with Crippen molar-refractivity contribution in [1.82, 2.24) is 5.32 Å². The summed E-state index contributed by atoms with van der Waals surface area (Å²) in [5.41, 5.74) is 2.34. The van der Waals surface area contributed by atoms with Crippen molar-refractivity contribution in [1.29, 1.82) is 0 Å². The number of rotatable bonds is 5. The maximum Gasteiger partial charge on any atom is 0.0465 e. The van der Waals surface area contributed by atoms with Crippen LogP contribution in [0, 0.1) is 0 Å². The van der Waals surface area contributed by atoms with Gasteiger partial charge in [0.05, 0.1) is 0 Å². The Kier molecular flexibility index (Phi) is 5.91. The highest BCUT2D eigenvalue weighted by molar-refractivity contribution is 9.10. The Morgan fingerprint density at radius 2 is 1.80 bits per heavy atom. The number of benzene rings is 2. The van der Waals surface area contributed by atoms with Crippen molar-refractivity contribution in [2.75, 3.05) is 0 Å². The predicted octanol–water partition coefficient (Wildman–Crippen LogP) is 6.00. The van der Waals surface area contributed by atoms with Gasteiger partial charge in [0.25, 0.3) is 0 Å². The number of hydrogen-bond acceptors (Lipinski definition) is 1. The lowest BCUT2D eigenvalue weighted by Crippen LogP contribution is -2.20. The predicted molar refractivity (Wildman–Crippen MR) is 90.5 cm³/mol. The molecule has 1 atom stereocenters. The third-order valence-corrected chi connectivity index (χ3v) is 4.35. The van der Waals surface area contributed by atoms with Crippen LogP contribution in [-0.2, 0) is 6.54 Å². The quantitative estimate of drug-likeness (QED) is 0.678. The van der Waals surface area contributed by atoms with E-state index >= 15 is 0 Å². The molecule has 2 aromatic carbocycles. The van der Waals surface area contributed by atoms with E-state index in [0.29, 0.717) is 16.1 Å². The van der Waals surface area contributed by atoms with Crippen LogP contribution >= 0.6 is 39.1 Å². The molecule has 0 aliphatic heterocycles. The third kappa shape index (κ3) is 4.23. The summed E-state index contributed by atoms with van der Waals surface area (Å²) < 4.78 is 1.09. The van der Waals surface area contributed by atoms with Gasteiger partial charge in [-0.15, -0.1) is 0 Å². The molecule has 20 heavy (non-hydrogen) atoms. The van der Waals surface area contributed by atoms with E-state index < -0.39 is 0 Å². The summed E-state index contributed by atoms with van der Waals surface area (Å²) in [5, 5.41) is 4.91. The monoisotopic (exact) mass is 371 g/mol. The first-order valence-electron chi connectivity index (χ1n) is 6.53. The molecule has 0 heterocycles. The SMILES string of the molecule is CCC(NCc1ccc(Cl)cc1Cl)c1ccc(Br)cc1. The first-order chi connectivity index (χ1) is 9.60. The maximum atomic E-state index is 6.19. The summed E-state index contributed by atoms with van der Waals surface area (Å²) in [6.45, 7) is 2.90. The molecular formula is C16H16BrCl2N. The average molecular weight is 373 g/mol. The molecule has 0 aliphatic rings. The minimum absolute atomic E-state index is 0.315. The van der Waals surface area contributed by atoms with Gasteiger partial charge >= 0.3 is 0 Å². The van der Waals surface area contributed by atoms with Crippen LogP contribution in [0.4, 0.5) is 0 Å². The highest BCUT2D eigenvalue weighted by Crippen LogP contribution is 2.23. The molecule has 0 bridgehead atoms. The smallest absolute Gasteiger partial charge is 0.0465 e. The van der Waals surface area contributed by atoms with Crippen molar-refractivity contribution in [3.05, 3.63) is 68.1 Å². The van der Waals surface area contributed by atoms with Gasteiger partial charge in [-0.1, -0.05) is 64.3 Å². The van der Waals surface area contributed by atoms with Crippen LogP contribution in [0.5, 0.6) is 0 Å². The molecule has 0 fully saturated rings. The molecule has 2 rings (SSSR count). The van der Waals surface area contributed by atoms with Crippen molar-refractivity contribution >= 4 is 39.1 Å². The van der Waals surface area contributed by atoms with Crippen molar-refractivity contribution < 1.29 is 0 Å². The fourth-order valence-corrected chi connectivity index (χ4v) is 2.83. The Hall–Kier alpha value is -0.540. The summed E-state index contributed by atoms with van der Waals surface area (Å²) >= 11 is 15.6. The Morgan fingerprint density at radius 1 is 1.10 bits per heavy atom. The molecule has 106 valence electrons. The second-order valence-corrected chi connectivity index (χ2v) is 6.39. The van der Waals surface area contributed by atoms with Crippen molar-refractivity contribution in [3.63, 3.8) is 0 Å². The van der Waals surface area contributed by atoms with Crippen LogP contribution in [0.2, 0.25) is 10.0 Å². The first-order valence-corrected chi connectivity index (χ1v) is 8.08. The van der Waals surface area contributed by atoms with Crippen LogP contribution in [-0.4, -0.2) is 0 Å². The lowest BCUT2D eigenvalue weighted by atomic mass is 10.0. The summed E-state index contributed by atoms with van der Waals surface area (Å²) in [4.78, 5) is 0. The van der Waals surface area contributed by atoms with Gasteiger partial charge < -0.3 is 5.32 Å². The van der Waals surface area contributed by atoms with E-state index in [2.05, 4.69) is 52.4 Å². The number of nitrogens with one attached hydrogen (secondary N) is 1. The molecule has 1 N–H and O–H groups in total. The molecule has 4 heteroatoms. The van der Waals surface area contributed by atoms with Crippen LogP contribution in [0.15, 0.2) is 46.9 Å². The topological polar surface area (TPSA) is 12.0 Å². The average Bonchev–Trinajstić information content (AvgIpc) is 2.43. The zero-order chi connectivity index (χ0) is 14.5. The van der Waals surface area contributed by atoms with E-state index in [1.54, 1.807) is 6.07 Å². The van der Waals surface area contributed by atoms with Crippen LogP contribution < -0.4 is 5.32 Å². The van der Waals surface area contributed by atoms with Gasteiger partial charge in [-0.05, 0) is 41.8 Å². The molecule has 0 aliphatic carbocycles. The van der Waals surface area contributed by atoms with Gasteiger partial charge in [0.1, 0.15) is 0 Å². The molecule has 0 spiro atoms. The van der Waals surface area contributed by atoms with Crippen LogP contribution in [0.3, 0.4) is 0 Å². The Bertz CT molecular complexity index is 569. The normalized spacial score (nSPS) is 12.4. The fourth-order valence-electron chi connectivity index (χ4n) is 2.09. The highest BCUT2D eigenvalue weighted by Gasteiger charge is 2.09. The Labute approximate surface area is 138 Å². The second-order valence-electron chi connectivity index (χ2n) is 4.63. The van der Waals surface area contributed by atoms with Gasteiger partial charge in [0.15, 0.2) is 0 Å². The van der Waals surface area contributed by atoms with E-state index in [9.17, 15) is 0 Å². The number of halogens is 3. The molecule has 0 saturated carbocycles. The zero-order valence-electron chi connectivity index (χ0n) is 11.2. The summed E-state index contributed by atoms with van der Waals surface area (Å²) in [7, 11) is 0. The molecule has 0 saturated heterocycles. The van der Waals surface area contributed by atoms with E-state index in [4.69, 9.17) is 23.2 Å². The fraction of sp³-hybridized carbons (Fsp3) is 0.250. The summed E-state index contributed by atoms with van der Waals surface area (Å²) in [6.07, 6.45) is 1.02. The van der Waals surface area contributed by atoms with E-state index in [1.807, 2.05) is 12.1 Å². The van der Waals surface area contributed by atoms with Crippen LogP contribution in [0.1, 0.15) is 30.5 Å². The summed E-state index contributed by atoms with van der Waals surface area (Å²) in [6, 6.07) is 14.3. The van der Waals surface area contributed by atoms with Gasteiger partial charge in [-0.3, -0.25) is 0 Å². The zero-order valence-corrected chi connectivity index (χ0v) is 14.3. The van der Waals surface area contributed by atoms with E-state index in [0.717, 1.165) is 23.0 Å². The molecule has 1 nitrogen and oxygen atoms in total. The van der Waals surface area contributed by atoms with E-state index in [1.165, 1.54) is 5.56 Å². The van der Waals surface area contributed by atoms with Crippen molar-refractivity contribution in [2.45, 2.75) is 25.9 Å². The van der Waals surface area contributed by atoms with Crippen molar-refractivity contribution in [3.8, 4) is 0 Å². The lowest BCUT2D eigenvalue weighted by Gasteiger charge is -2.18. The van der Waals surface area contributed by atoms with Gasteiger partial charge in [0, 0.05) is 27.1 Å². The van der Waals surface area contributed by atoms with Crippen LogP contribution in [0.25, 0.3) is 0 Å². The minimum Gasteiger partial charge on any atom is -0.306 e. The van der Waals surface area contributed by atoms with Gasteiger partial charge in [-0.2, -0.15) is 0 Å². The van der Waals surface area contributed by atoms with Gasteiger partial charge in [0.2, 0.25) is 0 Å². The molecule has 2 aromatic rings. The second kappa shape index (κ2) is 7.46. The molecule has 1 unspecified atom stereocenters. The third-order valence-electron chi connectivity index (χ3n) is 3.23. The standard InChI is InChI=1S/C16H16BrCl2N/c1-2-16(11-3-6-13(17)7-4-11)20-10-12-5-8-14(18)9-15(12)19/h3-9,16,20H,2,10H2,1H3. The lowest BCUT2D eigenvalue weighted by molar-refractivity contribution is 0.519. The van der Waals surface area contributed by atoms with Gasteiger partial charge in [-0.25, -0.2) is 0 Å². The minimum atomic E-state index is 0.315. The van der Waals surface area contributed by atoms with Crippen molar-refractivity contribution in [2.24, 2.45) is 0 Å². The van der Waals surface area contributed by atoms with E-state index in [-0.39, 0.29) is 0 Å². The first kappa shape index (κ1) is 15.8. The molecule has 0 amide bonds. The Balaban J connectivity index is 2.05. The molecule has 0 radical (unpaired) electrons. The molecular weight excluding hydrogens is 357 g/mol. The summed E-state index contributed by atoms with van der Waals surface area (Å²) in [5.74, 6) is 0.